The van der Waals surface area contributed by atoms with Gasteiger partial charge >= 0.3 is 0 Å². The summed E-state index contributed by atoms with van der Waals surface area (Å²) in [6.45, 7) is 2.13. The van der Waals surface area contributed by atoms with Crippen molar-refractivity contribution in [3.8, 4) is 5.75 Å². The van der Waals surface area contributed by atoms with Crippen LogP contribution in [0.5, 0.6) is 5.75 Å². The average molecular weight is 176 g/mol. The predicted molar refractivity (Wildman–Crippen MR) is 54.3 cm³/mol. The summed E-state index contributed by atoms with van der Waals surface area (Å²) in [4.78, 5) is 0. The van der Waals surface area contributed by atoms with Gasteiger partial charge in [0.1, 0.15) is 5.75 Å². The van der Waals surface area contributed by atoms with Gasteiger partial charge in [0.05, 0.1) is 7.11 Å². The summed E-state index contributed by atoms with van der Waals surface area (Å²) in [6.07, 6.45) is 4.10. The molecule has 0 amide bonds. The molecule has 0 heterocycles. The highest BCUT2D eigenvalue weighted by atomic mass is 16.5. The van der Waals surface area contributed by atoms with E-state index in [1.165, 1.54) is 30.4 Å². The Bertz CT molecular complexity index is 300. The highest BCUT2D eigenvalue weighted by molar-refractivity contribution is 5.36. The third kappa shape index (κ3) is 1.69. The molecular weight excluding hydrogens is 160 g/mol. The van der Waals surface area contributed by atoms with E-state index < -0.39 is 0 Å². The highest BCUT2D eigenvalue weighted by Crippen LogP contribution is 2.37. The minimum Gasteiger partial charge on any atom is -0.497 e. The number of ether oxygens (including phenoxy) is 1. The second-order valence-corrected chi connectivity index (χ2v) is 3.91. The summed E-state index contributed by atoms with van der Waals surface area (Å²) < 4.78 is 5.25. The molecule has 0 saturated heterocycles. The number of benzene rings is 1. The third-order valence-electron chi connectivity index (χ3n) is 2.89. The molecule has 1 nitrogen and oxygen atoms in total. The fourth-order valence-corrected chi connectivity index (χ4v) is 1.87. The van der Waals surface area contributed by atoms with Gasteiger partial charge in [-0.2, -0.15) is 0 Å². The van der Waals surface area contributed by atoms with Crippen molar-refractivity contribution in [3.63, 3.8) is 0 Å². The first-order valence-electron chi connectivity index (χ1n) is 4.95. The van der Waals surface area contributed by atoms with Crippen LogP contribution in [-0.2, 0) is 0 Å². The largest absolute Gasteiger partial charge is 0.497 e. The van der Waals surface area contributed by atoms with Gasteiger partial charge in [-0.25, -0.2) is 0 Å². The molecule has 0 bridgehead atoms. The van der Waals surface area contributed by atoms with Crippen LogP contribution in [0.3, 0.4) is 0 Å². The fraction of sp³-hybridized carbons (Fsp3) is 0.500. The second kappa shape index (κ2) is 3.41. The molecule has 0 spiro atoms. The third-order valence-corrected chi connectivity index (χ3v) is 2.89. The van der Waals surface area contributed by atoms with Crippen molar-refractivity contribution in [2.45, 2.75) is 32.1 Å². The maximum absolute atomic E-state index is 5.25. The van der Waals surface area contributed by atoms with E-state index in [-0.39, 0.29) is 0 Å². The Morgan fingerprint density at radius 1 is 1.23 bits per heavy atom. The van der Waals surface area contributed by atoms with Crippen molar-refractivity contribution >= 4 is 0 Å². The molecule has 13 heavy (non-hydrogen) atoms. The van der Waals surface area contributed by atoms with Gasteiger partial charge in [-0.1, -0.05) is 12.5 Å². The Morgan fingerprint density at radius 3 is 2.54 bits per heavy atom. The van der Waals surface area contributed by atoms with E-state index in [0.29, 0.717) is 0 Å². The second-order valence-electron chi connectivity index (χ2n) is 3.91. The lowest BCUT2D eigenvalue weighted by Crippen LogP contribution is -2.08. The topological polar surface area (TPSA) is 9.23 Å². The molecule has 70 valence electrons. The summed E-state index contributed by atoms with van der Waals surface area (Å²) >= 11 is 0. The smallest absolute Gasteiger partial charge is 0.119 e. The van der Waals surface area contributed by atoms with Gasteiger partial charge in [-0.3, -0.25) is 0 Å². The predicted octanol–water partition coefficient (Wildman–Crippen LogP) is 3.27. The zero-order valence-corrected chi connectivity index (χ0v) is 8.34. The normalized spacial score (nSPS) is 16.8. The summed E-state index contributed by atoms with van der Waals surface area (Å²) in [7, 11) is 1.74. The van der Waals surface area contributed by atoms with Crippen LogP contribution in [0.25, 0.3) is 0 Å². The molecule has 1 heteroatoms. The number of rotatable bonds is 2. The minimum absolute atomic E-state index is 0.800. The van der Waals surface area contributed by atoms with Crippen LogP contribution in [0.2, 0.25) is 0 Å². The van der Waals surface area contributed by atoms with Crippen molar-refractivity contribution in [1.82, 2.24) is 0 Å². The number of hydrogen-bond acceptors (Lipinski definition) is 1. The molecule has 1 saturated carbocycles. The molecule has 0 radical (unpaired) electrons. The van der Waals surface area contributed by atoms with Gasteiger partial charge in [-0.15, -0.1) is 0 Å². The van der Waals surface area contributed by atoms with Crippen molar-refractivity contribution in [2.75, 3.05) is 7.11 Å². The summed E-state index contributed by atoms with van der Waals surface area (Å²) in [5.74, 6) is 1.80. The lowest BCUT2D eigenvalue weighted by atomic mass is 9.79. The van der Waals surface area contributed by atoms with Gasteiger partial charge < -0.3 is 4.74 Å². The molecule has 0 N–H and O–H groups in total. The Labute approximate surface area is 79.7 Å². The molecule has 0 aliphatic heterocycles. The molecule has 1 fully saturated rings. The van der Waals surface area contributed by atoms with E-state index in [2.05, 4.69) is 25.1 Å². The van der Waals surface area contributed by atoms with Crippen LogP contribution in [-0.4, -0.2) is 7.11 Å². The van der Waals surface area contributed by atoms with E-state index in [1.54, 1.807) is 7.11 Å². The van der Waals surface area contributed by atoms with Crippen LogP contribution < -0.4 is 4.74 Å². The van der Waals surface area contributed by atoms with Crippen molar-refractivity contribution in [3.05, 3.63) is 29.3 Å². The van der Waals surface area contributed by atoms with Crippen LogP contribution in [0.1, 0.15) is 36.3 Å². The maximum Gasteiger partial charge on any atom is 0.119 e. The number of methoxy groups -OCH3 is 1. The van der Waals surface area contributed by atoms with E-state index in [4.69, 9.17) is 4.74 Å². The Kier molecular flexibility index (Phi) is 2.26. The van der Waals surface area contributed by atoms with Crippen molar-refractivity contribution in [1.29, 1.82) is 0 Å². The van der Waals surface area contributed by atoms with Crippen molar-refractivity contribution < 1.29 is 4.74 Å². The van der Waals surface area contributed by atoms with Gasteiger partial charge in [0.25, 0.3) is 0 Å². The van der Waals surface area contributed by atoms with E-state index in [0.717, 1.165) is 11.7 Å². The fourth-order valence-electron chi connectivity index (χ4n) is 1.87. The summed E-state index contributed by atoms with van der Waals surface area (Å²) in [6, 6.07) is 6.55. The van der Waals surface area contributed by atoms with E-state index >= 15 is 0 Å². The standard InChI is InChI=1S/C12H16O/c1-9-6-11(10-4-3-5-10)8-12(7-9)13-2/h6-8,10H,3-5H2,1-2H3. The maximum atomic E-state index is 5.25. The lowest BCUT2D eigenvalue weighted by molar-refractivity contribution is 0.402. The Balaban J connectivity index is 2.28. The zero-order chi connectivity index (χ0) is 9.26. The number of aryl methyl sites for hydroxylation is 1. The molecule has 0 aromatic heterocycles. The molecule has 1 aromatic carbocycles. The first kappa shape index (κ1) is 8.61. The van der Waals surface area contributed by atoms with Gasteiger partial charge in [0.15, 0.2) is 0 Å². The monoisotopic (exact) mass is 176 g/mol. The summed E-state index contributed by atoms with van der Waals surface area (Å²) in [5, 5.41) is 0. The first-order valence-corrected chi connectivity index (χ1v) is 4.95. The highest BCUT2D eigenvalue weighted by Gasteiger charge is 2.19. The quantitative estimate of drug-likeness (QED) is 0.672. The molecule has 1 aliphatic carbocycles. The van der Waals surface area contributed by atoms with Crippen molar-refractivity contribution in [2.24, 2.45) is 0 Å². The van der Waals surface area contributed by atoms with Gasteiger partial charge in [-0.05, 0) is 48.9 Å². The SMILES string of the molecule is COc1cc(C)cc(C2CCC2)c1. The number of hydrogen-bond donors (Lipinski definition) is 0. The minimum atomic E-state index is 0.800. The van der Waals surface area contributed by atoms with Crippen LogP contribution in [0, 0.1) is 6.92 Å². The van der Waals surface area contributed by atoms with Crippen LogP contribution in [0.4, 0.5) is 0 Å². The van der Waals surface area contributed by atoms with E-state index in [1.807, 2.05) is 0 Å². The molecule has 0 atom stereocenters. The average Bonchev–Trinajstić information content (AvgIpc) is 2.00. The van der Waals surface area contributed by atoms with Crippen LogP contribution in [0.15, 0.2) is 18.2 Å². The van der Waals surface area contributed by atoms with E-state index in [9.17, 15) is 0 Å². The Hall–Kier alpha value is -0.980. The molecule has 2 rings (SSSR count). The zero-order valence-electron chi connectivity index (χ0n) is 8.34. The molecular formula is C12H16O. The van der Waals surface area contributed by atoms with Gasteiger partial charge in [0, 0.05) is 0 Å². The molecule has 1 aromatic rings. The molecule has 1 aliphatic rings. The first-order chi connectivity index (χ1) is 6.29. The Morgan fingerprint density at radius 2 is 2.00 bits per heavy atom. The summed E-state index contributed by atoms with van der Waals surface area (Å²) in [5.41, 5.74) is 2.77. The van der Waals surface area contributed by atoms with Crippen LogP contribution >= 0.6 is 0 Å². The van der Waals surface area contributed by atoms with Gasteiger partial charge in [0.2, 0.25) is 0 Å². The lowest BCUT2D eigenvalue weighted by Gasteiger charge is -2.26. The molecule has 0 unspecified atom stereocenters.